The highest BCUT2D eigenvalue weighted by atomic mass is 32.2. The van der Waals surface area contributed by atoms with Crippen LogP contribution in [0.1, 0.15) is 19.4 Å². The van der Waals surface area contributed by atoms with Crippen molar-refractivity contribution in [3.8, 4) is 0 Å². The Bertz CT molecular complexity index is 745. The van der Waals surface area contributed by atoms with Crippen LogP contribution in [0.15, 0.2) is 29.3 Å². The van der Waals surface area contributed by atoms with Gasteiger partial charge in [0.1, 0.15) is 6.17 Å². The summed E-state index contributed by atoms with van der Waals surface area (Å²) in [7, 11) is 0. The minimum absolute atomic E-state index is 0.00155. The Labute approximate surface area is 148 Å². The molecule has 2 fully saturated rings. The van der Waals surface area contributed by atoms with Gasteiger partial charge in [-0.05, 0) is 19.4 Å². The Morgan fingerprint density at radius 1 is 1.48 bits per heavy atom. The summed E-state index contributed by atoms with van der Waals surface area (Å²) in [6.07, 6.45) is 1.59. The van der Waals surface area contributed by atoms with Crippen LogP contribution in [0.2, 0.25) is 0 Å². The predicted molar refractivity (Wildman–Crippen MR) is 92.8 cm³/mol. The first-order valence-corrected chi connectivity index (χ1v) is 8.73. The molecule has 0 aliphatic carbocycles. The fourth-order valence-corrected chi connectivity index (χ4v) is 4.84. The van der Waals surface area contributed by atoms with E-state index >= 15 is 0 Å². The van der Waals surface area contributed by atoms with Gasteiger partial charge in [-0.3, -0.25) is 19.8 Å². The van der Waals surface area contributed by atoms with E-state index in [1.165, 1.54) is 12.1 Å². The van der Waals surface area contributed by atoms with Gasteiger partial charge >= 0.3 is 0 Å². The molecule has 0 saturated carbocycles. The number of isocyanates is 1. The number of nitrogens with one attached hydrogen (secondary N) is 1. The third kappa shape index (κ3) is 3.44. The molecule has 2 aliphatic rings. The number of fused-ring (bicyclic) bond motifs is 1. The van der Waals surface area contributed by atoms with E-state index in [9.17, 15) is 19.7 Å². The molecule has 3 unspecified atom stereocenters. The maximum Gasteiger partial charge on any atom is 0.269 e. The molecule has 0 bridgehead atoms. The van der Waals surface area contributed by atoms with Gasteiger partial charge in [-0.15, -0.1) is 11.8 Å². The van der Waals surface area contributed by atoms with Crippen molar-refractivity contribution in [3.63, 3.8) is 0 Å². The third-order valence-corrected chi connectivity index (χ3v) is 6.13. The van der Waals surface area contributed by atoms with E-state index in [1.54, 1.807) is 30.0 Å². The number of benzene rings is 1. The van der Waals surface area contributed by atoms with Crippen molar-refractivity contribution < 1.29 is 14.5 Å². The summed E-state index contributed by atoms with van der Waals surface area (Å²) >= 11 is 1.69. The van der Waals surface area contributed by atoms with Crippen LogP contribution in [0.5, 0.6) is 0 Å². The second-order valence-corrected chi connectivity index (χ2v) is 8.45. The van der Waals surface area contributed by atoms with Crippen molar-refractivity contribution in [2.24, 2.45) is 4.99 Å². The lowest BCUT2D eigenvalue weighted by molar-refractivity contribution is -0.384. The smallest absolute Gasteiger partial charge is 0.269 e. The van der Waals surface area contributed by atoms with Crippen LogP contribution in [-0.2, 0) is 16.0 Å². The SMILES string of the molecule is CC1(C)SC2C(NC(=O)Cc3ccc([N+](=O)[O-])cc3)CN2C1N=C=O. The van der Waals surface area contributed by atoms with E-state index < -0.39 is 4.92 Å². The minimum Gasteiger partial charge on any atom is -0.349 e. The molecule has 25 heavy (non-hydrogen) atoms. The van der Waals surface area contributed by atoms with E-state index in [1.807, 2.05) is 13.8 Å². The zero-order chi connectivity index (χ0) is 18.2. The second kappa shape index (κ2) is 6.59. The zero-order valence-electron chi connectivity index (χ0n) is 13.8. The molecule has 1 N–H and O–H groups in total. The van der Waals surface area contributed by atoms with Gasteiger partial charge in [-0.25, -0.2) is 4.79 Å². The molecular formula is C16H18N4O4S. The van der Waals surface area contributed by atoms with Crippen LogP contribution in [-0.4, -0.2) is 50.7 Å². The Morgan fingerprint density at radius 3 is 2.76 bits per heavy atom. The molecular weight excluding hydrogens is 344 g/mol. The average Bonchev–Trinajstić information content (AvgIpc) is 2.74. The molecule has 3 rings (SSSR count). The number of nitrogens with zero attached hydrogens (tertiary/aromatic N) is 3. The number of amides is 1. The lowest BCUT2D eigenvalue weighted by Crippen LogP contribution is -2.65. The van der Waals surface area contributed by atoms with Gasteiger partial charge in [0.2, 0.25) is 12.0 Å². The number of hydrogen-bond acceptors (Lipinski definition) is 7. The number of carbonyl (C=O) groups excluding carboxylic acids is 2. The van der Waals surface area contributed by atoms with E-state index in [0.717, 1.165) is 5.56 Å². The van der Waals surface area contributed by atoms with E-state index in [4.69, 9.17) is 0 Å². The number of rotatable bonds is 5. The van der Waals surface area contributed by atoms with Gasteiger partial charge in [0.15, 0.2) is 0 Å². The molecule has 1 amide bonds. The van der Waals surface area contributed by atoms with Gasteiger partial charge < -0.3 is 5.32 Å². The molecule has 8 nitrogen and oxygen atoms in total. The maximum atomic E-state index is 12.2. The van der Waals surface area contributed by atoms with Crippen LogP contribution in [0.3, 0.4) is 0 Å². The molecule has 9 heteroatoms. The summed E-state index contributed by atoms with van der Waals surface area (Å²) in [5.41, 5.74) is 0.729. The Hall–Kier alpha value is -2.22. The quantitative estimate of drug-likeness (QED) is 0.368. The predicted octanol–water partition coefficient (Wildman–Crippen LogP) is 1.45. The van der Waals surface area contributed by atoms with Gasteiger partial charge in [-0.1, -0.05) is 12.1 Å². The molecule has 0 spiro atoms. The summed E-state index contributed by atoms with van der Waals surface area (Å²) in [5, 5.41) is 13.7. The first-order chi connectivity index (χ1) is 11.8. The highest BCUT2D eigenvalue weighted by Gasteiger charge is 2.56. The summed E-state index contributed by atoms with van der Waals surface area (Å²) in [6, 6.07) is 5.97. The topological polar surface area (TPSA) is 105 Å². The number of thioether (sulfide) groups is 1. The normalized spacial score (nSPS) is 26.9. The van der Waals surface area contributed by atoms with Crippen molar-refractivity contribution in [2.75, 3.05) is 6.54 Å². The fraction of sp³-hybridized carbons (Fsp3) is 0.500. The van der Waals surface area contributed by atoms with E-state index in [2.05, 4.69) is 15.2 Å². The van der Waals surface area contributed by atoms with Gasteiger partial charge in [0, 0.05) is 23.4 Å². The van der Waals surface area contributed by atoms with E-state index in [-0.39, 0.29) is 40.3 Å². The second-order valence-electron chi connectivity index (χ2n) is 6.68. The molecule has 2 saturated heterocycles. The van der Waals surface area contributed by atoms with Crippen molar-refractivity contribution in [1.29, 1.82) is 0 Å². The van der Waals surface area contributed by atoms with Crippen LogP contribution < -0.4 is 5.32 Å². The Kier molecular flexibility index (Phi) is 4.64. The lowest BCUT2D eigenvalue weighted by Gasteiger charge is -2.44. The summed E-state index contributed by atoms with van der Waals surface area (Å²) < 4.78 is -0.208. The Balaban J connectivity index is 1.57. The molecule has 3 atom stereocenters. The first-order valence-electron chi connectivity index (χ1n) is 7.85. The number of nitro benzene ring substituents is 1. The van der Waals surface area contributed by atoms with Crippen LogP contribution in [0.4, 0.5) is 5.69 Å². The number of carbonyl (C=O) groups is 1. The monoisotopic (exact) mass is 362 g/mol. The largest absolute Gasteiger partial charge is 0.349 e. The molecule has 132 valence electrons. The highest BCUT2D eigenvalue weighted by molar-refractivity contribution is 8.01. The average molecular weight is 362 g/mol. The molecule has 1 aromatic carbocycles. The van der Waals surface area contributed by atoms with Crippen LogP contribution >= 0.6 is 11.8 Å². The third-order valence-electron chi connectivity index (χ3n) is 4.47. The summed E-state index contributed by atoms with van der Waals surface area (Å²) in [6.45, 7) is 4.69. The van der Waals surface area contributed by atoms with Crippen molar-refractivity contribution in [1.82, 2.24) is 10.2 Å². The first kappa shape index (κ1) is 17.6. The van der Waals surface area contributed by atoms with E-state index in [0.29, 0.717) is 6.54 Å². The van der Waals surface area contributed by atoms with Gasteiger partial charge in [-0.2, -0.15) is 4.99 Å². The van der Waals surface area contributed by atoms with Crippen molar-refractivity contribution in [2.45, 2.75) is 42.6 Å². The molecule has 2 heterocycles. The van der Waals surface area contributed by atoms with Gasteiger partial charge in [0.05, 0.1) is 22.8 Å². The minimum atomic E-state index is -0.468. The number of hydrogen-bond donors (Lipinski definition) is 1. The fourth-order valence-electron chi connectivity index (χ4n) is 3.25. The molecule has 0 aromatic heterocycles. The number of non-ortho nitro benzene ring substituents is 1. The van der Waals surface area contributed by atoms with Crippen molar-refractivity contribution >= 4 is 29.4 Å². The molecule has 2 aliphatic heterocycles. The van der Waals surface area contributed by atoms with Gasteiger partial charge in [0.25, 0.3) is 5.69 Å². The number of nitro groups is 1. The maximum absolute atomic E-state index is 12.2. The molecule has 0 radical (unpaired) electrons. The van der Waals surface area contributed by atoms with Crippen LogP contribution in [0, 0.1) is 10.1 Å². The zero-order valence-corrected chi connectivity index (χ0v) is 14.7. The summed E-state index contributed by atoms with van der Waals surface area (Å²) in [5.74, 6) is -0.126. The number of aliphatic imine (C=N–C) groups is 1. The highest BCUT2D eigenvalue weighted by Crippen LogP contribution is 2.50. The Morgan fingerprint density at radius 2 is 2.16 bits per heavy atom. The standard InChI is InChI=1S/C16H18N4O4S/c1-16(2)15(17-9-21)19-8-12(14(19)25-16)18-13(22)7-10-3-5-11(6-4-10)20(23)24/h3-6,12,14-15H,7-8H2,1-2H3,(H,18,22). The summed E-state index contributed by atoms with van der Waals surface area (Å²) in [4.78, 5) is 39.0. The lowest BCUT2D eigenvalue weighted by atomic mass is 10.0. The van der Waals surface area contributed by atoms with Crippen molar-refractivity contribution in [3.05, 3.63) is 39.9 Å². The van der Waals surface area contributed by atoms with Crippen LogP contribution in [0.25, 0.3) is 0 Å². The molecule has 1 aromatic rings.